The summed E-state index contributed by atoms with van der Waals surface area (Å²) in [5.74, 6) is 0. The highest BCUT2D eigenvalue weighted by molar-refractivity contribution is 8.03. The van der Waals surface area contributed by atoms with Crippen LogP contribution in [-0.4, -0.2) is 72.5 Å². The molecule has 0 radical (unpaired) electrons. The molecule has 1 aliphatic rings. The first kappa shape index (κ1) is 35.3. The zero-order valence-corrected chi connectivity index (χ0v) is 29.4. The van der Waals surface area contributed by atoms with E-state index in [0.717, 1.165) is 13.1 Å². The molecule has 0 saturated heterocycles. The van der Waals surface area contributed by atoms with Gasteiger partial charge < -0.3 is 35.3 Å². The summed E-state index contributed by atoms with van der Waals surface area (Å²) >= 11 is 3.61. The molecule has 0 fully saturated rings. The number of aromatic nitrogens is 1. The van der Waals surface area contributed by atoms with Crippen LogP contribution in [0.1, 0.15) is 5.01 Å². The van der Waals surface area contributed by atoms with Crippen molar-refractivity contribution in [3.8, 4) is 22.3 Å². The number of anilines is 1. The molecule has 0 aliphatic carbocycles. The maximum absolute atomic E-state index is 6.02. The van der Waals surface area contributed by atoms with Crippen molar-refractivity contribution < 1.29 is 23.5 Å². The fourth-order valence-electron chi connectivity index (χ4n) is 5.73. The summed E-state index contributed by atoms with van der Waals surface area (Å²) < 4.78 is 26.7. The number of nitrogens with two attached hydrogens (primary N) is 2. The molecule has 0 bridgehead atoms. The van der Waals surface area contributed by atoms with Crippen LogP contribution in [0.15, 0.2) is 107 Å². The van der Waals surface area contributed by atoms with E-state index in [4.69, 9.17) is 30.4 Å². The van der Waals surface area contributed by atoms with E-state index in [1.165, 1.54) is 53.1 Å². The molecule has 5 aromatic rings. The number of thioether (sulfide) groups is 1. The molecule has 6 rings (SSSR count). The molecule has 0 unspecified atom stereocenters. The van der Waals surface area contributed by atoms with Crippen molar-refractivity contribution in [1.82, 2.24) is 0 Å². The third-order valence-corrected chi connectivity index (χ3v) is 10.3. The second-order valence-corrected chi connectivity index (χ2v) is 13.6. The number of hydrogen-bond donors (Lipinski definition) is 2. The van der Waals surface area contributed by atoms with Crippen LogP contribution in [0, 0.1) is 0 Å². The van der Waals surface area contributed by atoms with E-state index in [9.17, 15) is 0 Å². The summed E-state index contributed by atoms with van der Waals surface area (Å²) in [4.78, 5) is 3.62. The number of benzene rings is 4. The van der Waals surface area contributed by atoms with Gasteiger partial charge in [0.15, 0.2) is 6.54 Å². The maximum atomic E-state index is 6.02. The highest BCUT2D eigenvalue weighted by Crippen LogP contribution is 2.48. The van der Waals surface area contributed by atoms with Crippen molar-refractivity contribution in [3.63, 3.8) is 0 Å². The van der Waals surface area contributed by atoms with Crippen LogP contribution in [0.25, 0.3) is 38.5 Å². The predicted molar refractivity (Wildman–Crippen MR) is 202 cm³/mol. The average molecular weight is 698 g/mol. The number of thiazole rings is 1. The summed E-state index contributed by atoms with van der Waals surface area (Å²) in [6.45, 7) is 6.86. The lowest BCUT2D eigenvalue weighted by molar-refractivity contribution is -0.670. The van der Waals surface area contributed by atoms with Gasteiger partial charge in [-0.3, -0.25) is 0 Å². The van der Waals surface area contributed by atoms with Crippen molar-refractivity contribution in [2.24, 2.45) is 11.5 Å². The first-order valence-electron chi connectivity index (χ1n) is 16.8. The number of nitrogens with zero attached hydrogens (tertiary/aromatic N) is 2. The molecule has 49 heavy (non-hydrogen) atoms. The van der Waals surface area contributed by atoms with E-state index >= 15 is 0 Å². The van der Waals surface area contributed by atoms with E-state index < -0.39 is 0 Å². The second kappa shape index (κ2) is 18.4. The summed E-state index contributed by atoms with van der Waals surface area (Å²) in [6, 6.07) is 34.6. The summed E-state index contributed by atoms with van der Waals surface area (Å²) in [5.41, 5.74) is 18.3. The van der Waals surface area contributed by atoms with Gasteiger partial charge in [0.05, 0.1) is 63.0 Å². The first-order chi connectivity index (χ1) is 24.2. The Morgan fingerprint density at radius 1 is 0.612 bits per heavy atom. The number of hydrogen-bond acceptors (Lipinski definition) is 9. The molecule has 1 aromatic heterocycles. The Morgan fingerprint density at radius 3 is 1.86 bits per heavy atom. The first-order valence-corrected chi connectivity index (χ1v) is 18.5. The van der Waals surface area contributed by atoms with Crippen LogP contribution in [0.3, 0.4) is 0 Å². The second-order valence-electron chi connectivity index (χ2n) is 11.5. The van der Waals surface area contributed by atoms with Gasteiger partial charge in [0.25, 0.3) is 5.01 Å². The molecular weight excluding hydrogens is 653 g/mol. The van der Waals surface area contributed by atoms with Crippen LogP contribution in [-0.2, 0) is 25.5 Å². The van der Waals surface area contributed by atoms with E-state index in [-0.39, 0.29) is 0 Å². The molecule has 2 heterocycles. The van der Waals surface area contributed by atoms with Crippen LogP contribution in [0.4, 0.5) is 5.69 Å². The molecule has 0 atom stereocenters. The largest absolute Gasteiger partial charge is 0.378 e. The predicted octanol–water partition coefficient (Wildman–Crippen LogP) is 6.42. The highest BCUT2D eigenvalue weighted by Gasteiger charge is 2.28. The molecule has 4 N–H and O–H groups in total. The van der Waals surface area contributed by atoms with Gasteiger partial charge in [-0.2, -0.15) is 4.57 Å². The molecule has 8 nitrogen and oxygen atoms in total. The molecule has 10 heteroatoms. The van der Waals surface area contributed by atoms with E-state index in [2.05, 4.69) is 113 Å². The lowest BCUT2D eigenvalue weighted by Gasteiger charge is -2.21. The van der Waals surface area contributed by atoms with Gasteiger partial charge in [0.2, 0.25) is 5.52 Å². The minimum atomic E-state index is 0.514. The Labute approximate surface area is 297 Å². The molecule has 256 valence electrons. The van der Waals surface area contributed by atoms with E-state index in [1.807, 2.05) is 0 Å². The van der Waals surface area contributed by atoms with Crippen molar-refractivity contribution in [3.05, 3.63) is 107 Å². The van der Waals surface area contributed by atoms with E-state index in [0.29, 0.717) is 65.9 Å². The highest BCUT2D eigenvalue weighted by atomic mass is 32.2. The zero-order chi connectivity index (χ0) is 33.7. The zero-order valence-electron chi connectivity index (χ0n) is 27.8. The average Bonchev–Trinajstić information content (AvgIpc) is 3.67. The minimum Gasteiger partial charge on any atom is -0.378 e. The number of ether oxygens (including phenoxy) is 4. The Balaban J connectivity index is 1.30. The summed E-state index contributed by atoms with van der Waals surface area (Å²) in [6.07, 6.45) is 2.33. The van der Waals surface area contributed by atoms with Crippen LogP contribution < -0.4 is 20.9 Å². The number of rotatable bonds is 19. The van der Waals surface area contributed by atoms with Crippen molar-refractivity contribution in [2.75, 3.05) is 77.4 Å². The van der Waals surface area contributed by atoms with Gasteiger partial charge in [-0.05, 0) is 40.5 Å². The fraction of sp³-hybridized carbons (Fsp3) is 0.308. The molecule has 1 aliphatic heterocycles. The van der Waals surface area contributed by atoms with Gasteiger partial charge in [-0.15, -0.1) is 0 Å². The minimum absolute atomic E-state index is 0.514. The third-order valence-electron chi connectivity index (χ3n) is 8.11. The SMILES string of the molecule is NCCOCCOCCN1C(=Cc2sc3ccc(-c4ccccc4)cc3[n+]2CCOCCOCCN)Sc2ccc(-c3ccccc3)cc21. The third kappa shape index (κ3) is 9.36. The standard InChI is InChI=1S/C39H45N4O4S2/c40-15-19-44-23-25-46-21-17-42-34-27-32(30-7-3-1-4-8-30)11-13-36(34)48-38(42)29-39-43(18-22-47-26-24-45-20-16-41)35-28-33(12-14-37(35)49-39)31-9-5-2-6-10-31/h1-14,27-29H,15-26,40-41H2/q+1. The van der Waals surface area contributed by atoms with Gasteiger partial charge in [0, 0.05) is 30.6 Å². The topological polar surface area (TPSA) is 96.1 Å². The smallest absolute Gasteiger partial charge is 0.265 e. The molecule has 0 saturated carbocycles. The van der Waals surface area contributed by atoms with E-state index in [1.54, 1.807) is 23.1 Å². The Morgan fingerprint density at radius 2 is 1.20 bits per heavy atom. The van der Waals surface area contributed by atoms with Crippen molar-refractivity contribution >= 4 is 45.1 Å². The van der Waals surface area contributed by atoms with Gasteiger partial charge >= 0.3 is 0 Å². The van der Waals surface area contributed by atoms with Crippen molar-refractivity contribution in [1.29, 1.82) is 0 Å². The van der Waals surface area contributed by atoms with Crippen LogP contribution >= 0.6 is 23.1 Å². The van der Waals surface area contributed by atoms with Gasteiger partial charge in [-0.25, -0.2) is 0 Å². The summed E-state index contributed by atoms with van der Waals surface area (Å²) in [5, 5.41) is 2.34. The van der Waals surface area contributed by atoms with Crippen LogP contribution in [0.2, 0.25) is 0 Å². The van der Waals surface area contributed by atoms with Crippen molar-refractivity contribution in [2.45, 2.75) is 11.4 Å². The molecule has 4 aromatic carbocycles. The molecule has 0 amide bonds. The normalized spacial score (nSPS) is 13.5. The maximum Gasteiger partial charge on any atom is 0.265 e. The lowest BCUT2D eigenvalue weighted by atomic mass is 10.0. The Hall–Kier alpha value is -3.58. The Bertz CT molecular complexity index is 1800. The van der Waals surface area contributed by atoms with Crippen LogP contribution in [0.5, 0.6) is 0 Å². The Kier molecular flexibility index (Phi) is 13.3. The fourth-order valence-corrected chi connectivity index (χ4v) is 8.01. The van der Waals surface area contributed by atoms with Gasteiger partial charge in [0.1, 0.15) is 11.3 Å². The number of fused-ring (bicyclic) bond motifs is 2. The monoisotopic (exact) mass is 697 g/mol. The molecular formula is C39H45N4O4S2+. The quantitative estimate of drug-likeness (QED) is 0.0755. The summed E-state index contributed by atoms with van der Waals surface area (Å²) in [7, 11) is 0. The lowest BCUT2D eigenvalue weighted by Crippen LogP contribution is -2.38. The molecule has 0 spiro atoms. The van der Waals surface area contributed by atoms with Gasteiger partial charge in [-0.1, -0.05) is 95.9 Å².